The molecule has 2 N–H and O–H groups in total. The molecule has 2 nitrogen and oxygen atoms in total. The maximum Gasteiger partial charge on any atom is 0.145 e. The SMILES string of the molecule is Cc1cc(Br)cc(N)c1OCC1CCCc2ccccc21. The van der Waals surface area contributed by atoms with Crippen LogP contribution in [0.15, 0.2) is 40.9 Å². The second-order valence-electron chi connectivity index (χ2n) is 5.74. The summed E-state index contributed by atoms with van der Waals surface area (Å²) >= 11 is 3.46. The third kappa shape index (κ3) is 3.08. The van der Waals surface area contributed by atoms with Gasteiger partial charge in [0.2, 0.25) is 0 Å². The van der Waals surface area contributed by atoms with Gasteiger partial charge in [-0.25, -0.2) is 0 Å². The van der Waals surface area contributed by atoms with E-state index in [1.807, 2.05) is 19.1 Å². The normalized spacial score (nSPS) is 17.3. The molecule has 0 radical (unpaired) electrons. The molecule has 0 aliphatic heterocycles. The van der Waals surface area contributed by atoms with Crippen LogP contribution < -0.4 is 10.5 Å². The predicted octanol–water partition coefficient (Wildman–Crippen LogP) is 4.84. The van der Waals surface area contributed by atoms with E-state index in [1.54, 1.807) is 0 Å². The first-order valence-electron chi connectivity index (χ1n) is 7.41. The standard InChI is InChI=1S/C18H20BrNO/c1-12-9-15(19)10-17(20)18(12)21-11-14-7-4-6-13-5-2-3-8-16(13)14/h2-3,5,8-10,14H,4,6-7,11,20H2,1H3. The first kappa shape index (κ1) is 14.5. The molecule has 0 saturated heterocycles. The summed E-state index contributed by atoms with van der Waals surface area (Å²) in [6, 6.07) is 12.7. The van der Waals surface area contributed by atoms with E-state index in [2.05, 4.69) is 40.2 Å². The third-order valence-corrected chi connectivity index (χ3v) is 4.65. The van der Waals surface area contributed by atoms with Crippen LogP contribution in [0.4, 0.5) is 5.69 Å². The molecule has 21 heavy (non-hydrogen) atoms. The number of nitrogens with two attached hydrogens (primary N) is 1. The van der Waals surface area contributed by atoms with Gasteiger partial charge in [0.1, 0.15) is 5.75 Å². The van der Waals surface area contributed by atoms with Crippen LogP contribution in [-0.2, 0) is 6.42 Å². The van der Waals surface area contributed by atoms with Crippen LogP contribution in [0.1, 0.15) is 35.4 Å². The Balaban J connectivity index is 1.78. The first-order valence-corrected chi connectivity index (χ1v) is 8.20. The average molecular weight is 346 g/mol. The Morgan fingerprint density at radius 1 is 1.29 bits per heavy atom. The van der Waals surface area contributed by atoms with Crippen molar-refractivity contribution in [1.29, 1.82) is 0 Å². The smallest absolute Gasteiger partial charge is 0.145 e. The van der Waals surface area contributed by atoms with E-state index >= 15 is 0 Å². The average Bonchev–Trinajstić information content (AvgIpc) is 2.46. The van der Waals surface area contributed by atoms with E-state index in [-0.39, 0.29) is 0 Å². The highest BCUT2D eigenvalue weighted by atomic mass is 79.9. The molecule has 3 rings (SSSR count). The van der Waals surface area contributed by atoms with Gasteiger partial charge >= 0.3 is 0 Å². The fourth-order valence-electron chi connectivity index (χ4n) is 3.16. The minimum Gasteiger partial charge on any atom is -0.491 e. The van der Waals surface area contributed by atoms with Gasteiger partial charge in [0.05, 0.1) is 12.3 Å². The van der Waals surface area contributed by atoms with Gasteiger partial charge in [-0.3, -0.25) is 0 Å². The summed E-state index contributed by atoms with van der Waals surface area (Å²) in [5.74, 6) is 1.29. The van der Waals surface area contributed by atoms with Gasteiger partial charge in [0, 0.05) is 10.4 Å². The molecule has 0 saturated carbocycles. The number of halogens is 1. The lowest BCUT2D eigenvalue weighted by molar-refractivity contribution is 0.274. The van der Waals surface area contributed by atoms with Crippen LogP contribution in [0.3, 0.4) is 0 Å². The predicted molar refractivity (Wildman–Crippen MR) is 90.9 cm³/mol. The van der Waals surface area contributed by atoms with Crippen molar-refractivity contribution in [2.45, 2.75) is 32.1 Å². The summed E-state index contributed by atoms with van der Waals surface area (Å²) in [5, 5.41) is 0. The molecule has 1 aliphatic rings. The summed E-state index contributed by atoms with van der Waals surface area (Å²) < 4.78 is 7.07. The number of aryl methyl sites for hydroxylation is 2. The van der Waals surface area contributed by atoms with E-state index in [4.69, 9.17) is 10.5 Å². The zero-order valence-electron chi connectivity index (χ0n) is 12.2. The van der Waals surface area contributed by atoms with Gasteiger partial charge in [-0.05, 0) is 55.0 Å². The molecule has 2 aromatic rings. The van der Waals surface area contributed by atoms with Crippen molar-refractivity contribution in [2.24, 2.45) is 0 Å². The Bertz CT molecular complexity index is 630. The van der Waals surface area contributed by atoms with E-state index in [1.165, 1.54) is 30.4 Å². The van der Waals surface area contributed by atoms with Crippen molar-refractivity contribution >= 4 is 21.6 Å². The quantitative estimate of drug-likeness (QED) is 0.808. The minimum absolute atomic E-state index is 0.470. The maximum absolute atomic E-state index is 6.08. The zero-order chi connectivity index (χ0) is 14.8. The van der Waals surface area contributed by atoms with Gasteiger partial charge < -0.3 is 10.5 Å². The molecule has 0 amide bonds. The van der Waals surface area contributed by atoms with Gasteiger partial charge in [-0.2, -0.15) is 0 Å². The Morgan fingerprint density at radius 2 is 2.10 bits per heavy atom. The van der Waals surface area contributed by atoms with Crippen LogP contribution in [0, 0.1) is 6.92 Å². The summed E-state index contributed by atoms with van der Waals surface area (Å²) in [6.45, 7) is 2.73. The highest BCUT2D eigenvalue weighted by molar-refractivity contribution is 9.10. The number of hydrogen-bond acceptors (Lipinski definition) is 2. The first-order chi connectivity index (χ1) is 10.1. The third-order valence-electron chi connectivity index (χ3n) is 4.19. The Morgan fingerprint density at radius 3 is 2.90 bits per heavy atom. The second-order valence-corrected chi connectivity index (χ2v) is 6.66. The molecule has 1 unspecified atom stereocenters. The topological polar surface area (TPSA) is 35.2 Å². The number of rotatable bonds is 3. The molecule has 110 valence electrons. The number of ether oxygens (including phenoxy) is 1. The van der Waals surface area contributed by atoms with Crippen LogP contribution in [0.25, 0.3) is 0 Å². The Labute approximate surface area is 134 Å². The van der Waals surface area contributed by atoms with Crippen LogP contribution in [0.2, 0.25) is 0 Å². The summed E-state index contributed by atoms with van der Waals surface area (Å²) in [6.07, 6.45) is 3.61. The van der Waals surface area contributed by atoms with E-state index in [0.29, 0.717) is 18.2 Å². The highest BCUT2D eigenvalue weighted by Gasteiger charge is 2.21. The molecule has 1 aliphatic carbocycles. The largest absolute Gasteiger partial charge is 0.491 e. The van der Waals surface area contributed by atoms with E-state index in [0.717, 1.165) is 15.8 Å². The molecule has 0 spiro atoms. The summed E-state index contributed by atoms with van der Waals surface area (Å²) in [5.41, 5.74) is 10.8. The van der Waals surface area contributed by atoms with Crippen LogP contribution in [-0.4, -0.2) is 6.61 Å². The van der Waals surface area contributed by atoms with E-state index in [9.17, 15) is 0 Å². The molecule has 2 aromatic carbocycles. The molecule has 1 atom stereocenters. The fourth-order valence-corrected chi connectivity index (χ4v) is 3.75. The Hall–Kier alpha value is -1.48. The van der Waals surface area contributed by atoms with Gasteiger partial charge in [0.15, 0.2) is 0 Å². The zero-order valence-corrected chi connectivity index (χ0v) is 13.8. The van der Waals surface area contributed by atoms with Crippen molar-refractivity contribution in [3.05, 3.63) is 57.6 Å². The number of nitrogen functional groups attached to an aromatic ring is 1. The second kappa shape index (κ2) is 6.10. The van der Waals surface area contributed by atoms with Gasteiger partial charge in [-0.1, -0.05) is 40.2 Å². The number of anilines is 1. The number of hydrogen-bond donors (Lipinski definition) is 1. The lowest BCUT2D eigenvalue weighted by atomic mass is 9.83. The molecule has 0 fully saturated rings. The minimum atomic E-state index is 0.470. The van der Waals surface area contributed by atoms with Crippen molar-refractivity contribution < 1.29 is 4.74 Å². The van der Waals surface area contributed by atoms with Gasteiger partial charge in [0.25, 0.3) is 0 Å². The number of benzene rings is 2. The monoisotopic (exact) mass is 345 g/mol. The summed E-state index contributed by atoms with van der Waals surface area (Å²) in [4.78, 5) is 0. The van der Waals surface area contributed by atoms with Crippen molar-refractivity contribution in [1.82, 2.24) is 0 Å². The van der Waals surface area contributed by atoms with Crippen molar-refractivity contribution in [3.8, 4) is 5.75 Å². The summed E-state index contributed by atoms with van der Waals surface area (Å²) in [7, 11) is 0. The molecule has 0 bridgehead atoms. The highest BCUT2D eigenvalue weighted by Crippen LogP contribution is 2.34. The van der Waals surface area contributed by atoms with E-state index < -0.39 is 0 Å². The molecular formula is C18H20BrNO. The lowest BCUT2D eigenvalue weighted by Crippen LogP contribution is -2.17. The molecule has 0 aromatic heterocycles. The fraction of sp³-hybridized carbons (Fsp3) is 0.333. The number of fused-ring (bicyclic) bond motifs is 1. The van der Waals surface area contributed by atoms with Gasteiger partial charge in [-0.15, -0.1) is 0 Å². The van der Waals surface area contributed by atoms with Crippen LogP contribution in [0.5, 0.6) is 5.75 Å². The molecule has 0 heterocycles. The molecule has 3 heteroatoms. The maximum atomic E-state index is 6.08. The van der Waals surface area contributed by atoms with Crippen LogP contribution >= 0.6 is 15.9 Å². The van der Waals surface area contributed by atoms with Crippen molar-refractivity contribution in [2.75, 3.05) is 12.3 Å². The van der Waals surface area contributed by atoms with Crippen molar-refractivity contribution in [3.63, 3.8) is 0 Å². The Kier molecular flexibility index (Phi) is 4.20. The lowest BCUT2D eigenvalue weighted by Gasteiger charge is -2.26. The molecular weight excluding hydrogens is 326 g/mol.